The molecule has 0 unspecified atom stereocenters. The van der Waals surface area contributed by atoms with E-state index in [9.17, 15) is 0 Å². The van der Waals surface area contributed by atoms with Gasteiger partial charge in [0.15, 0.2) is 0 Å². The van der Waals surface area contributed by atoms with Gasteiger partial charge in [0.05, 0.1) is 0 Å². The summed E-state index contributed by atoms with van der Waals surface area (Å²) >= 11 is -3.86. The van der Waals surface area contributed by atoms with Crippen LogP contribution in [-0.4, -0.2) is 36.4 Å². The summed E-state index contributed by atoms with van der Waals surface area (Å²) in [6.07, 6.45) is 8.42. The minimum atomic E-state index is -3.86. The van der Waals surface area contributed by atoms with Gasteiger partial charge in [-0.05, 0) is 0 Å². The van der Waals surface area contributed by atoms with Gasteiger partial charge in [-0.2, -0.15) is 0 Å². The Hall–Kier alpha value is 0.159. The molecule has 4 heteroatoms. The van der Waals surface area contributed by atoms with Gasteiger partial charge in [0.2, 0.25) is 0 Å². The van der Waals surface area contributed by atoms with Crippen molar-refractivity contribution in [1.82, 2.24) is 0 Å². The molecule has 0 aromatic carbocycles. The van der Waals surface area contributed by atoms with E-state index in [1.165, 1.54) is 0 Å². The molecule has 0 atom stereocenters. The van der Waals surface area contributed by atoms with Gasteiger partial charge in [-0.1, -0.05) is 0 Å². The Morgan fingerprint density at radius 3 is 1.14 bits per heavy atom. The Labute approximate surface area is 136 Å². The molecule has 1 aliphatic rings. The Kier molecular flexibility index (Phi) is 5.80. The SMILES string of the molecule is CC(C)(C)[O][Sn]([O]C(C)(C)C)([O]C(C)(C)C)[CH]1C=CC=C1. The van der Waals surface area contributed by atoms with Crippen LogP contribution in [0.5, 0.6) is 0 Å². The van der Waals surface area contributed by atoms with Crippen LogP contribution in [0.25, 0.3) is 0 Å². The molecule has 0 aromatic rings. The average molecular weight is 403 g/mol. The number of hydrogen-bond donors (Lipinski definition) is 0. The van der Waals surface area contributed by atoms with Crippen molar-refractivity contribution in [2.24, 2.45) is 0 Å². The molecule has 0 heterocycles. The molecule has 3 nitrogen and oxygen atoms in total. The molecule has 0 N–H and O–H groups in total. The van der Waals surface area contributed by atoms with Crippen molar-refractivity contribution in [2.45, 2.75) is 83.1 Å². The van der Waals surface area contributed by atoms with E-state index >= 15 is 0 Å². The first-order valence-corrected chi connectivity index (χ1v) is 12.8. The van der Waals surface area contributed by atoms with E-state index in [1.54, 1.807) is 0 Å². The van der Waals surface area contributed by atoms with Crippen molar-refractivity contribution in [2.75, 3.05) is 0 Å². The van der Waals surface area contributed by atoms with E-state index in [1.807, 2.05) is 0 Å². The van der Waals surface area contributed by atoms with Crippen molar-refractivity contribution in [3.8, 4) is 0 Å². The predicted octanol–water partition coefficient (Wildman–Crippen LogP) is 4.87. The zero-order chi connectivity index (χ0) is 16.5. The molecule has 0 saturated heterocycles. The Bertz CT molecular complexity index is 352. The normalized spacial score (nSPS) is 17.8. The summed E-state index contributed by atoms with van der Waals surface area (Å²) in [4.78, 5) is 0. The number of rotatable bonds is 4. The molecule has 1 aliphatic carbocycles. The summed E-state index contributed by atoms with van der Waals surface area (Å²) < 4.78 is 19.7. The Balaban J connectivity index is 3.25. The maximum atomic E-state index is 6.52. The third-order valence-corrected chi connectivity index (χ3v) is 13.6. The van der Waals surface area contributed by atoms with Crippen molar-refractivity contribution in [3.05, 3.63) is 24.3 Å². The van der Waals surface area contributed by atoms with Gasteiger partial charge in [0.1, 0.15) is 0 Å². The van der Waals surface area contributed by atoms with Gasteiger partial charge in [-0.15, -0.1) is 0 Å². The summed E-state index contributed by atoms with van der Waals surface area (Å²) in [5.41, 5.74) is -0.884. The molecule has 0 saturated carbocycles. The molecule has 0 spiro atoms. The van der Waals surface area contributed by atoms with Crippen LogP contribution in [-0.2, 0) is 9.22 Å². The second kappa shape index (κ2) is 6.34. The van der Waals surface area contributed by atoms with E-state index < -0.39 is 19.6 Å². The number of allylic oxidation sites excluding steroid dienone is 4. The van der Waals surface area contributed by atoms with Crippen LogP contribution in [0.1, 0.15) is 62.3 Å². The van der Waals surface area contributed by atoms with Crippen LogP contribution in [0.3, 0.4) is 0 Å². The molecular formula is C17H32O3Sn. The van der Waals surface area contributed by atoms with Crippen LogP contribution in [0, 0.1) is 0 Å². The summed E-state index contributed by atoms with van der Waals surface area (Å²) in [6.45, 7) is 18.6. The first-order valence-electron chi connectivity index (χ1n) is 7.68. The van der Waals surface area contributed by atoms with Crippen LogP contribution in [0.2, 0.25) is 3.93 Å². The molecule has 21 heavy (non-hydrogen) atoms. The molecule has 0 amide bonds. The fraction of sp³-hybridized carbons (Fsp3) is 0.765. The van der Waals surface area contributed by atoms with Crippen molar-refractivity contribution in [1.29, 1.82) is 0 Å². The van der Waals surface area contributed by atoms with Gasteiger partial charge >= 0.3 is 136 Å². The quantitative estimate of drug-likeness (QED) is 0.628. The van der Waals surface area contributed by atoms with Crippen molar-refractivity contribution >= 4 is 19.6 Å². The fourth-order valence-corrected chi connectivity index (χ4v) is 13.0. The molecule has 0 fully saturated rings. The summed E-state index contributed by atoms with van der Waals surface area (Å²) in [5.74, 6) is 0. The Morgan fingerprint density at radius 1 is 0.619 bits per heavy atom. The van der Waals surface area contributed by atoms with E-state index in [2.05, 4.69) is 86.6 Å². The molecule has 0 aliphatic heterocycles. The van der Waals surface area contributed by atoms with Gasteiger partial charge in [0, 0.05) is 0 Å². The summed E-state index contributed by atoms with van der Waals surface area (Å²) in [6, 6.07) is 0. The fourth-order valence-electron chi connectivity index (χ4n) is 2.21. The monoisotopic (exact) mass is 404 g/mol. The molecule has 1 rings (SSSR count). The van der Waals surface area contributed by atoms with Crippen molar-refractivity contribution in [3.63, 3.8) is 0 Å². The van der Waals surface area contributed by atoms with Crippen LogP contribution in [0.15, 0.2) is 24.3 Å². The van der Waals surface area contributed by atoms with Gasteiger partial charge in [0.25, 0.3) is 0 Å². The predicted molar refractivity (Wildman–Crippen MR) is 90.3 cm³/mol. The zero-order valence-corrected chi connectivity index (χ0v) is 18.0. The van der Waals surface area contributed by atoms with Crippen LogP contribution >= 0.6 is 0 Å². The van der Waals surface area contributed by atoms with Gasteiger partial charge in [-0.25, -0.2) is 0 Å². The van der Waals surface area contributed by atoms with E-state index in [0.29, 0.717) is 0 Å². The van der Waals surface area contributed by atoms with Crippen LogP contribution in [0.4, 0.5) is 0 Å². The zero-order valence-electron chi connectivity index (χ0n) is 15.1. The number of hydrogen-bond acceptors (Lipinski definition) is 3. The molecule has 0 radical (unpaired) electrons. The van der Waals surface area contributed by atoms with Gasteiger partial charge in [-0.3, -0.25) is 0 Å². The topological polar surface area (TPSA) is 27.7 Å². The standard InChI is InChI=1S/C5H5.3C4H9O.Sn/c1-2-4-5-3-1;3*1-4(2,3)5;/h1-5H;3*1-3H3;/q;3*-1;+3. The average Bonchev–Trinajstić information content (AvgIpc) is 2.59. The van der Waals surface area contributed by atoms with E-state index in [4.69, 9.17) is 9.22 Å². The Morgan fingerprint density at radius 2 is 0.905 bits per heavy atom. The minimum absolute atomic E-state index is 0.136. The second-order valence-corrected chi connectivity index (χ2v) is 15.6. The second-order valence-electron chi connectivity index (χ2n) is 8.54. The first-order chi connectivity index (χ1) is 9.23. The van der Waals surface area contributed by atoms with Crippen molar-refractivity contribution < 1.29 is 9.22 Å². The summed E-state index contributed by atoms with van der Waals surface area (Å²) in [5, 5.41) is 0. The van der Waals surface area contributed by atoms with E-state index in [0.717, 1.165) is 0 Å². The first kappa shape index (κ1) is 19.2. The molecular weight excluding hydrogens is 371 g/mol. The van der Waals surface area contributed by atoms with Gasteiger partial charge < -0.3 is 0 Å². The molecule has 122 valence electrons. The molecule has 0 bridgehead atoms. The third kappa shape index (κ3) is 6.85. The van der Waals surface area contributed by atoms with Crippen LogP contribution < -0.4 is 0 Å². The third-order valence-electron chi connectivity index (χ3n) is 2.50. The summed E-state index contributed by atoms with van der Waals surface area (Å²) in [7, 11) is 0. The maximum absolute atomic E-state index is 6.52. The van der Waals surface area contributed by atoms with E-state index in [-0.39, 0.29) is 20.7 Å². The molecule has 0 aromatic heterocycles.